The standard InChI is InChI=1S/C22H40O4/c1-3-5-7-9-10-12-16-20-26-22(24)18-14-13-17-21(23)25-19-15-11-8-6-4-2/h10,12H,3-9,11,13-20H2,1-2H3/b12-10-. The zero-order valence-corrected chi connectivity index (χ0v) is 17.1. The number of ether oxygens (including phenoxy) is 2. The third-order valence-corrected chi connectivity index (χ3v) is 4.21. The summed E-state index contributed by atoms with van der Waals surface area (Å²) in [6.45, 7) is 5.35. The molecule has 4 heteroatoms. The summed E-state index contributed by atoms with van der Waals surface area (Å²) in [6.07, 6.45) is 17.8. The van der Waals surface area contributed by atoms with Crippen LogP contribution < -0.4 is 0 Å². The quantitative estimate of drug-likeness (QED) is 0.166. The molecular weight excluding hydrogens is 328 g/mol. The molecule has 0 N–H and O–H groups in total. The topological polar surface area (TPSA) is 52.6 Å². The lowest BCUT2D eigenvalue weighted by Gasteiger charge is -2.05. The van der Waals surface area contributed by atoms with Crippen LogP contribution >= 0.6 is 0 Å². The summed E-state index contributed by atoms with van der Waals surface area (Å²) in [5, 5.41) is 0. The number of hydrogen-bond donors (Lipinski definition) is 0. The molecule has 152 valence electrons. The molecule has 0 saturated heterocycles. The Kier molecular flexibility index (Phi) is 19.0. The van der Waals surface area contributed by atoms with Crippen molar-refractivity contribution in [2.24, 2.45) is 0 Å². The van der Waals surface area contributed by atoms with E-state index in [4.69, 9.17) is 9.47 Å². The first-order chi connectivity index (χ1) is 12.7. The zero-order chi connectivity index (χ0) is 19.3. The molecule has 0 aliphatic carbocycles. The fourth-order valence-electron chi connectivity index (χ4n) is 2.56. The minimum Gasteiger partial charge on any atom is -0.466 e. The highest BCUT2D eigenvalue weighted by atomic mass is 16.5. The van der Waals surface area contributed by atoms with E-state index in [-0.39, 0.29) is 11.9 Å². The Balaban J connectivity index is 3.38. The SMILES string of the molecule is CCCCC/C=C\CCOC(=O)CCCCC(=O)OCCCCCCC. The molecular formula is C22H40O4. The van der Waals surface area contributed by atoms with Crippen LogP contribution in [0.5, 0.6) is 0 Å². The van der Waals surface area contributed by atoms with Crippen molar-refractivity contribution in [1.82, 2.24) is 0 Å². The van der Waals surface area contributed by atoms with Crippen LogP contribution in [0.25, 0.3) is 0 Å². The summed E-state index contributed by atoms with van der Waals surface area (Å²) < 4.78 is 10.4. The molecule has 0 heterocycles. The van der Waals surface area contributed by atoms with Crippen LogP contribution in [0.15, 0.2) is 12.2 Å². The van der Waals surface area contributed by atoms with Gasteiger partial charge in [0, 0.05) is 12.8 Å². The van der Waals surface area contributed by atoms with Crippen molar-refractivity contribution in [3.8, 4) is 0 Å². The van der Waals surface area contributed by atoms with Crippen molar-refractivity contribution in [3.63, 3.8) is 0 Å². The smallest absolute Gasteiger partial charge is 0.305 e. The van der Waals surface area contributed by atoms with Gasteiger partial charge in [-0.15, -0.1) is 0 Å². The lowest BCUT2D eigenvalue weighted by molar-refractivity contribution is -0.145. The summed E-state index contributed by atoms with van der Waals surface area (Å²) in [7, 11) is 0. The van der Waals surface area contributed by atoms with Crippen molar-refractivity contribution in [3.05, 3.63) is 12.2 Å². The van der Waals surface area contributed by atoms with Gasteiger partial charge in [0.15, 0.2) is 0 Å². The van der Waals surface area contributed by atoms with E-state index in [9.17, 15) is 9.59 Å². The molecule has 0 aliphatic heterocycles. The Labute approximate surface area is 160 Å². The van der Waals surface area contributed by atoms with E-state index in [0.717, 1.165) is 25.7 Å². The van der Waals surface area contributed by atoms with Gasteiger partial charge in [0.05, 0.1) is 13.2 Å². The number of unbranched alkanes of at least 4 members (excludes halogenated alkanes) is 8. The van der Waals surface area contributed by atoms with Crippen LogP contribution in [-0.4, -0.2) is 25.2 Å². The fraction of sp³-hybridized carbons (Fsp3) is 0.818. The Hall–Kier alpha value is -1.32. The average molecular weight is 369 g/mol. The van der Waals surface area contributed by atoms with Gasteiger partial charge in [0.25, 0.3) is 0 Å². The van der Waals surface area contributed by atoms with Gasteiger partial charge in [-0.05, 0) is 38.5 Å². The molecule has 0 aromatic carbocycles. The average Bonchev–Trinajstić information content (AvgIpc) is 2.64. The molecule has 0 fully saturated rings. The van der Waals surface area contributed by atoms with Gasteiger partial charge in [-0.2, -0.15) is 0 Å². The number of carbonyl (C=O) groups excluding carboxylic acids is 2. The van der Waals surface area contributed by atoms with Gasteiger partial charge in [-0.1, -0.05) is 64.5 Å². The highest BCUT2D eigenvalue weighted by molar-refractivity contribution is 5.70. The summed E-state index contributed by atoms with van der Waals surface area (Å²) in [5.41, 5.74) is 0. The summed E-state index contributed by atoms with van der Waals surface area (Å²) in [6, 6.07) is 0. The molecule has 0 spiro atoms. The van der Waals surface area contributed by atoms with Crippen LogP contribution in [0, 0.1) is 0 Å². The van der Waals surface area contributed by atoms with E-state index < -0.39 is 0 Å². The summed E-state index contributed by atoms with van der Waals surface area (Å²) >= 11 is 0. The maximum absolute atomic E-state index is 11.6. The van der Waals surface area contributed by atoms with E-state index in [2.05, 4.69) is 26.0 Å². The van der Waals surface area contributed by atoms with Crippen LogP contribution in [0.3, 0.4) is 0 Å². The van der Waals surface area contributed by atoms with E-state index in [1.807, 2.05) is 0 Å². The molecule has 0 saturated carbocycles. The Morgan fingerprint density at radius 1 is 0.615 bits per heavy atom. The van der Waals surface area contributed by atoms with Crippen molar-refractivity contribution >= 4 is 11.9 Å². The molecule has 0 rings (SSSR count). The second kappa shape index (κ2) is 20.0. The van der Waals surface area contributed by atoms with Crippen LogP contribution in [0.4, 0.5) is 0 Å². The normalized spacial score (nSPS) is 11.0. The third-order valence-electron chi connectivity index (χ3n) is 4.21. The van der Waals surface area contributed by atoms with Crippen LogP contribution in [0.1, 0.15) is 104 Å². The second-order valence-electron chi connectivity index (χ2n) is 6.82. The van der Waals surface area contributed by atoms with Gasteiger partial charge in [-0.25, -0.2) is 0 Å². The van der Waals surface area contributed by atoms with E-state index in [1.165, 1.54) is 38.5 Å². The summed E-state index contributed by atoms with van der Waals surface area (Å²) in [4.78, 5) is 23.2. The van der Waals surface area contributed by atoms with Gasteiger partial charge in [0.2, 0.25) is 0 Å². The molecule has 0 amide bonds. The molecule has 0 radical (unpaired) electrons. The maximum atomic E-state index is 11.6. The third kappa shape index (κ3) is 19.0. The molecule has 0 aliphatic rings. The second-order valence-corrected chi connectivity index (χ2v) is 6.82. The number of allylic oxidation sites excluding steroid dienone is 1. The minimum absolute atomic E-state index is 0.151. The number of rotatable bonds is 18. The molecule has 0 unspecified atom stereocenters. The van der Waals surface area contributed by atoms with Crippen molar-refractivity contribution in [1.29, 1.82) is 0 Å². The molecule has 26 heavy (non-hydrogen) atoms. The predicted octanol–water partition coefficient (Wildman–Crippen LogP) is 6.13. The monoisotopic (exact) mass is 368 g/mol. The van der Waals surface area contributed by atoms with Crippen LogP contribution in [0.2, 0.25) is 0 Å². The lowest BCUT2D eigenvalue weighted by Crippen LogP contribution is -2.07. The Morgan fingerprint density at radius 2 is 1.15 bits per heavy atom. The van der Waals surface area contributed by atoms with E-state index in [0.29, 0.717) is 38.9 Å². The van der Waals surface area contributed by atoms with E-state index >= 15 is 0 Å². The van der Waals surface area contributed by atoms with Crippen molar-refractivity contribution in [2.75, 3.05) is 13.2 Å². The number of carbonyl (C=O) groups is 2. The first-order valence-electron chi connectivity index (χ1n) is 10.7. The van der Waals surface area contributed by atoms with E-state index in [1.54, 1.807) is 0 Å². The van der Waals surface area contributed by atoms with Crippen molar-refractivity contribution < 1.29 is 19.1 Å². The van der Waals surface area contributed by atoms with Gasteiger partial charge in [-0.3, -0.25) is 9.59 Å². The predicted molar refractivity (Wildman–Crippen MR) is 107 cm³/mol. The molecule has 0 aromatic rings. The fourth-order valence-corrected chi connectivity index (χ4v) is 2.56. The Bertz CT molecular complexity index is 363. The maximum Gasteiger partial charge on any atom is 0.305 e. The lowest BCUT2D eigenvalue weighted by atomic mass is 10.2. The minimum atomic E-state index is -0.173. The number of hydrogen-bond acceptors (Lipinski definition) is 4. The first-order valence-corrected chi connectivity index (χ1v) is 10.7. The number of esters is 2. The molecule has 0 aromatic heterocycles. The highest BCUT2D eigenvalue weighted by Gasteiger charge is 2.05. The van der Waals surface area contributed by atoms with Gasteiger partial charge < -0.3 is 9.47 Å². The van der Waals surface area contributed by atoms with Crippen molar-refractivity contribution in [2.45, 2.75) is 104 Å². The summed E-state index contributed by atoms with van der Waals surface area (Å²) in [5.74, 6) is -0.323. The molecule has 0 bridgehead atoms. The molecule has 0 atom stereocenters. The van der Waals surface area contributed by atoms with Gasteiger partial charge >= 0.3 is 11.9 Å². The van der Waals surface area contributed by atoms with Crippen LogP contribution in [-0.2, 0) is 19.1 Å². The van der Waals surface area contributed by atoms with Gasteiger partial charge in [0.1, 0.15) is 0 Å². The zero-order valence-electron chi connectivity index (χ0n) is 17.1. The molecule has 4 nitrogen and oxygen atoms in total. The highest BCUT2D eigenvalue weighted by Crippen LogP contribution is 2.06. The Morgan fingerprint density at radius 3 is 1.81 bits per heavy atom. The first kappa shape index (κ1) is 24.7. The largest absolute Gasteiger partial charge is 0.466 e.